The van der Waals surface area contributed by atoms with Gasteiger partial charge in [0.15, 0.2) is 0 Å². The lowest BCUT2D eigenvalue weighted by molar-refractivity contribution is 1.06. The van der Waals surface area contributed by atoms with Crippen LogP contribution in [0, 0.1) is 18.8 Å². The smallest absolute Gasteiger partial charge is 0.0573 e. The van der Waals surface area contributed by atoms with E-state index < -0.39 is 0 Å². The van der Waals surface area contributed by atoms with Crippen molar-refractivity contribution in [2.24, 2.45) is 10.7 Å². The number of hydrogen-bond donors (Lipinski definition) is 2. The second kappa shape index (κ2) is 15.3. The number of nitrogens with zero attached hydrogens (tertiary/aromatic N) is 1. The fraction of sp³-hybridized carbons (Fsp3) is 0.296. The Labute approximate surface area is 188 Å². The average Bonchev–Trinajstić information content (AvgIpc) is 2.75. The van der Waals surface area contributed by atoms with E-state index >= 15 is 0 Å². The first-order valence-corrected chi connectivity index (χ1v) is 11.0. The van der Waals surface area contributed by atoms with Crippen LogP contribution >= 0.6 is 12.6 Å². The summed E-state index contributed by atoms with van der Waals surface area (Å²) in [7, 11) is 0. The Morgan fingerprint density at radius 3 is 2.67 bits per heavy atom. The SMILES string of the molecule is C/C=C1\C=C/CN=C/C=C\1CN.CC.Cc1cccc(C#CC2=CCC(S)C=C2)c1. The van der Waals surface area contributed by atoms with Gasteiger partial charge in [-0.2, -0.15) is 12.6 Å². The first-order chi connectivity index (χ1) is 14.6. The van der Waals surface area contributed by atoms with Crippen molar-refractivity contribution in [3.05, 3.63) is 94.6 Å². The molecular formula is C27H34N2S. The van der Waals surface area contributed by atoms with Gasteiger partial charge in [-0.3, -0.25) is 4.99 Å². The van der Waals surface area contributed by atoms with Crippen molar-refractivity contribution in [3.8, 4) is 11.8 Å². The minimum Gasteiger partial charge on any atom is -0.326 e. The summed E-state index contributed by atoms with van der Waals surface area (Å²) < 4.78 is 0. The Kier molecular flexibility index (Phi) is 13.0. The van der Waals surface area contributed by atoms with Gasteiger partial charge >= 0.3 is 0 Å². The standard InChI is InChI=1S/C15H14S.C10H14N2.C2H6/c1-12-3-2-4-14(11-12)6-5-13-7-9-15(16)10-8-13;1-2-9-4-3-6-12-7-5-10(9)8-11;1-2/h2-4,7-9,11,15-16H,10H2,1H3;2-5,7H,6,8,11H2,1H3;1-2H3/b;4-3-,9-2+,10-5-,12-7?;. The Morgan fingerprint density at radius 1 is 1.23 bits per heavy atom. The molecule has 1 heterocycles. The van der Waals surface area contributed by atoms with Crippen molar-refractivity contribution in [3.63, 3.8) is 0 Å². The number of allylic oxidation sites excluding steroid dienone is 6. The zero-order valence-electron chi connectivity index (χ0n) is 18.6. The quantitative estimate of drug-likeness (QED) is 0.425. The molecule has 1 aromatic carbocycles. The van der Waals surface area contributed by atoms with Gasteiger partial charge in [0.05, 0.1) is 6.54 Å². The van der Waals surface area contributed by atoms with Gasteiger partial charge in [-0.25, -0.2) is 0 Å². The topological polar surface area (TPSA) is 38.4 Å². The summed E-state index contributed by atoms with van der Waals surface area (Å²) in [6, 6.07) is 8.25. The molecule has 1 atom stereocenters. The van der Waals surface area contributed by atoms with E-state index in [4.69, 9.17) is 5.73 Å². The van der Waals surface area contributed by atoms with Gasteiger partial charge in [-0.1, -0.05) is 68.2 Å². The minimum atomic E-state index is 0.351. The number of aliphatic imine (C=N–C) groups is 1. The molecule has 1 aromatic rings. The highest BCUT2D eigenvalue weighted by atomic mass is 32.1. The fourth-order valence-corrected chi connectivity index (χ4v) is 2.88. The van der Waals surface area contributed by atoms with Gasteiger partial charge in [0.2, 0.25) is 0 Å². The predicted octanol–water partition coefficient (Wildman–Crippen LogP) is 6.02. The second-order valence-corrected chi connectivity index (χ2v) is 7.16. The Hall–Kier alpha value is -2.54. The molecule has 1 unspecified atom stereocenters. The van der Waals surface area contributed by atoms with E-state index in [9.17, 15) is 0 Å². The third-order valence-corrected chi connectivity index (χ3v) is 4.62. The molecule has 0 fully saturated rings. The highest BCUT2D eigenvalue weighted by Gasteiger charge is 2.01. The average molecular weight is 419 g/mol. The largest absolute Gasteiger partial charge is 0.326 e. The van der Waals surface area contributed by atoms with E-state index in [1.165, 1.54) is 11.1 Å². The molecule has 158 valence electrons. The summed E-state index contributed by atoms with van der Waals surface area (Å²) in [5.74, 6) is 6.35. The van der Waals surface area contributed by atoms with E-state index in [0.29, 0.717) is 11.8 Å². The summed E-state index contributed by atoms with van der Waals surface area (Å²) in [5, 5.41) is 0.351. The molecule has 0 aromatic heterocycles. The molecule has 3 heteroatoms. The lowest BCUT2D eigenvalue weighted by atomic mass is 10.0. The number of hydrogen-bond acceptors (Lipinski definition) is 3. The second-order valence-electron chi connectivity index (χ2n) is 6.50. The van der Waals surface area contributed by atoms with Gasteiger partial charge in [-0.15, -0.1) is 0 Å². The maximum Gasteiger partial charge on any atom is 0.0573 e. The third-order valence-electron chi connectivity index (χ3n) is 4.24. The van der Waals surface area contributed by atoms with Crippen molar-refractivity contribution in [1.82, 2.24) is 0 Å². The Bertz CT molecular complexity index is 902. The van der Waals surface area contributed by atoms with Crippen LogP contribution in [0.5, 0.6) is 0 Å². The summed E-state index contributed by atoms with van der Waals surface area (Å²) >= 11 is 4.37. The molecule has 0 amide bonds. The molecule has 1 aliphatic carbocycles. The molecule has 30 heavy (non-hydrogen) atoms. The number of rotatable bonds is 1. The van der Waals surface area contributed by atoms with Crippen molar-refractivity contribution in [2.75, 3.05) is 13.1 Å². The number of thiol groups is 1. The normalized spacial score (nSPS) is 21.1. The van der Waals surface area contributed by atoms with Crippen LogP contribution in [0.2, 0.25) is 0 Å². The lowest BCUT2D eigenvalue weighted by Gasteiger charge is -2.06. The molecule has 2 nitrogen and oxygen atoms in total. The van der Waals surface area contributed by atoms with Crippen molar-refractivity contribution in [2.45, 2.75) is 39.4 Å². The van der Waals surface area contributed by atoms with Gasteiger partial charge in [0, 0.05) is 29.1 Å². The van der Waals surface area contributed by atoms with Gasteiger partial charge < -0.3 is 5.73 Å². The lowest BCUT2D eigenvalue weighted by Crippen LogP contribution is -2.05. The van der Waals surface area contributed by atoms with Gasteiger partial charge in [-0.05, 0) is 61.3 Å². The first kappa shape index (κ1) is 25.5. The van der Waals surface area contributed by atoms with E-state index in [2.05, 4.69) is 72.8 Å². The van der Waals surface area contributed by atoms with E-state index in [1.54, 1.807) is 0 Å². The van der Waals surface area contributed by atoms with E-state index in [0.717, 1.165) is 29.7 Å². The van der Waals surface area contributed by atoms with Crippen LogP contribution in [0.1, 0.15) is 38.3 Å². The van der Waals surface area contributed by atoms with Crippen LogP contribution in [0.15, 0.2) is 88.5 Å². The molecule has 0 saturated heterocycles. The van der Waals surface area contributed by atoms with Crippen LogP contribution in [0.3, 0.4) is 0 Å². The highest BCUT2D eigenvalue weighted by molar-refractivity contribution is 7.81. The van der Waals surface area contributed by atoms with Crippen LogP contribution in [0.25, 0.3) is 0 Å². The van der Waals surface area contributed by atoms with Crippen molar-refractivity contribution < 1.29 is 0 Å². The van der Waals surface area contributed by atoms with Crippen molar-refractivity contribution in [1.29, 1.82) is 0 Å². The molecule has 1 aliphatic heterocycles. The summed E-state index contributed by atoms with van der Waals surface area (Å²) in [6.07, 6.45) is 17.2. The zero-order valence-corrected chi connectivity index (χ0v) is 19.5. The van der Waals surface area contributed by atoms with Crippen LogP contribution < -0.4 is 5.73 Å². The van der Waals surface area contributed by atoms with Crippen LogP contribution in [-0.2, 0) is 0 Å². The molecule has 2 aliphatic rings. The summed E-state index contributed by atoms with van der Waals surface area (Å²) in [5.41, 5.74) is 11.3. The van der Waals surface area contributed by atoms with Crippen molar-refractivity contribution >= 4 is 18.8 Å². The molecule has 0 bridgehead atoms. The molecule has 2 N–H and O–H groups in total. The Morgan fingerprint density at radius 2 is 2.03 bits per heavy atom. The number of benzene rings is 1. The van der Waals surface area contributed by atoms with E-state index in [1.807, 2.05) is 57.3 Å². The predicted molar refractivity (Wildman–Crippen MR) is 137 cm³/mol. The first-order valence-electron chi connectivity index (χ1n) is 10.5. The molecule has 0 radical (unpaired) electrons. The maximum absolute atomic E-state index is 5.59. The monoisotopic (exact) mass is 418 g/mol. The van der Waals surface area contributed by atoms with E-state index in [-0.39, 0.29) is 0 Å². The molecule has 0 saturated carbocycles. The number of aryl methyl sites for hydroxylation is 1. The summed E-state index contributed by atoms with van der Waals surface area (Å²) in [4.78, 5) is 4.13. The number of nitrogens with two attached hydrogens (primary N) is 1. The third kappa shape index (κ3) is 9.78. The molecule has 0 spiro atoms. The fourth-order valence-electron chi connectivity index (χ4n) is 2.68. The van der Waals surface area contributed by atoms with Crippen LogP contribution in [-0.4, -0.2) is 24.6 Å². The highest BCUT2D eigenvalue weighted by Crippen LogP contribution is 2.14. The van der Waals surface area contributed by atoms with Gasteiger partial charge in [0.1, 0.15) is 0 Å². The summed E-state index contributed by atoms with van der Waals surface area (Å²) in [6.45, 7) is 9.42. The zero-order chi connectivity index (χ0) is 22.2. The Balaban J connectivity index is 0.000000287. The maximum atomic E-state index is 5.59. The minimum absolute atomic E-state index is 0.351. The molecular weight excluding hydrogens is 384 g/mol. The van der Waals surface area contributed by atoms with Crippen LogP contribution in [0.4, 0.5) is 0 Å². The molecule has 3 rings (SSSR count). The van der Waals surface area contributed by atoms with Gasteiger partial charge in [0.25, 0.3) is 0 Å².